The van der Waals surface area contributed by atoms with E-state index in [1.54, 1.807) is 0 Å². The zero-order valence-corrected chi connectivity index (χ0v) is 12.1. The molecule has 0 spiro atoms. The monoisotopic (exact) mass is 257 g/mol. The van der Waals surface area contributed by atoms with E-state index in [4.69, 9.17) is 4.74 Å². The Bertz CT molecular complexity index is 241. The van der Waals surface area contributed by atoms with Gasteiger partial charge in [-0.1, -0.05) is 33.6 Å². The Kier molecular flexibility index (Phi) is 9.33. The van der Waals surface area contributed by atoms with Crippen molar-refractivity contribution in [3.63, 3.8) is 0 Å². The minimum Gasteiger partial charge on any atom is -0.461 e. The average molecular weight is 257 g/mol. The summed E-state index contributed by atoms with van der Waals surface area (Å²) in [5, 5.41) is 2.53. The highest BCUT2D eigenvalue weighted by Gasteiger charge is 2.22. The predicted octanol–water partition coefficient (Wildman–Crippen LogP) is 2.66. The molecular formula is C14H27NO3. The number of hydrogen-bond acceptors (Lipinski definition) is 3. The molecular weight excluding hydrogens is 230 g/mol. The van der Waals surface area contributed by atoms with Gasteiger partial charge in [0.25, 0.3) is 0 Å². The lowest BCUT2D eigenvalue weighted by Gasteiger charge is -2.20. The lowest BCUT2D eigenvalue weighted by Crippen LogP contribution is -2.39. The fraction of sp³-hybridized carbons (Fsp3) is 0.857. The van der Waals surface area contributed by atoms with Crippen LogP contribution >= 0.6 is 0 Å². The van der Waals surface area contributed by atoms with Gasteiger partial charge >= 0.3 is 5.97 Å². The maximum absolute atomic E-state index is 11.9. The largest absolute Gasteiger partial charge is 0.461 e. The molecule has 0 aromatic heterocycles. The first-order chi connectivity index (χ1) is 8.51. The summed E-state index contributed by atoms with van der Waals surface area (Å²) in [6.45, 7) is 8.07. The van der Waals surface area contributed by atoms with Gasteiger partial charge in [-0.3, -0.25) is 4.79 Å². The second kappa shape index (κ2) is 9.92. The molecule has 0 rings (SSSR count). The van der Waals surface area contributed by atoms with E-state index in [0.717, 1.165) is 25.7 Å². The number of nitrogens with one attached hydrogen (secondary N) is 1. The van der Waals surface area contributed by atoms with E-state index in [-0.39, 0.29) is 12.1 Å². The Labute approximate surface area is 110 Å². The summed E-state index contributed by atoms with van der Waals surface area (Å²) >= 11 is 0. The summed E-state index contributed by atoms with van der Waals surface area (Å²) in [5.41, 5.74) is 0. The van der Waals surface area contributed by atoms with Crippen LogP contribution in [0, 0.1) is 5.92 Å². The Morgan fingerprint density at radius 2 is 1.94 bits per heavy atom. The highest BCUT2D eigenvalue weighted by atomic mass is 16.5. The van der Waals surface area contributed by atoms with E-state index in [9.17, 15) is 9.59 Å². The van der Waals surface area contributed by atoms with Crippen molar-refractivity contribution in [2.45, 2.75) is 71.9 Å². The first kappa shape index (κ1) is 16.9. The molecule has 2 atom stereocenters. The maximum Gasteiger partial charge on any atom is 0.328 e. The van der Waals surface area contributed by atoms with E-state index >= 15 is 0 Å². The van der Waals surface area contributed by atoms with Crippen molar-refractivity contribution < 1.29 is 14.3 Å². The molecule has 0 bridgehead atoms. The highest BCUT2D eigenvalue weighted by molar-refractivity contribution is 5.78. The molecule has 4 heteroatoms. The van der Waals surface area contributed by atoms with Gasteiger partial charge in [-0.2, -0.15) is 0 Å². The second-order valence-corrected chi connectivity index (χ2v) is 5.21. The number of esters is 1. The van der Waals surface area contributed by atoms with Gasteiger partial charge in [0.05, 0.1) is 6.10 Å². The normalized spacial score (nSPS) is 14.1. The van der Waals surface area contributed by atoms with Crippen LogP contribution in [0.4, 0.5) is 0 Å². The lowest BCUT2D eigenvalue weighted by atomic mass is 10.0. The minimum atomic E-state index is -0.517. The van der Waals surface area contributed by atoms with E-state index in [2.05, 4.69) is 12.2 Å². The number of carbonyl (C=O) groups excluding carboxylic acids is 2. The third-order valence-electron chi connectivity index (χ3n) is 2.79. The van der Waals surface area contributed by atoms with Crippen LogP contribution in [0.2, 0.25) is 0 Å². The summed E-state index contributed by atoms with van der Waals surface area (Å²) in [6.07, 6.45) is 5.37. The Morgan fingerprint density at radius 3 is 2.44 bits per heavy atom. The van der Waals surface area contributed by atoms with Gasteiger partial charge < -0.3 is 10.1 Å². The number of rotatable bonds is 10. The van der Waals surface area contributed by atoms with Crippen LogP contribution in [0.15, 0.2) is 0 Å². The van der Waals surface area contributed by atoms with Crippen molar-refractivity contribution in [1.82, 2.24) is 5.32 Å². The first-order valence-electron chi connectivity index (χ1n) is 6.91. The van der Waals surface area contributed by atoms with Gasteiger partial charge in [0.1, 0.15) is 6.04 Å². The molecule has 0 saturated heterocycles. The van der Waals surface area contributed by atoms with Gasteiger partial charge in [0, 0.05) is 0 Å². The van der Waals surface area contributed by atoms with E-state index in [1.165, 1.54) is 0 Å². The molecule has 4 nitrogen and oxygen atoms in total. The van der Waals surface area contributed by atoms with Gasteiger partial charge in [-0.25, -0.2) is 4.79 Å². The summed E-state index contributed by atoms with van der Waals surface area (Å²) in [6, 6.07) is -0.517. The second-order valence-electron chi connectivity index (χ2n) is 5.21. The van der Waals surface area contributed by atoms with Crippen LogP contribution in [0.1, 0.15) is 59.8 Å². The standard InChI is InChI=1S/C14H27NO3/c1-5-6-7-8-12(4)18-14(17)13(15-10-16)9-11(2)3/h10-13H,5-9H2,1-4H3,(H,15,16)/t12-,13+/m1/s1. The number of amides is 1. The molecule has 0 fully saturated rings. The Morgan fingerprint density at radius 1 is 1.28 bits per heavy atom. The Hall–Kier alpha value is -1.06. The maximum atomic E-state index is 11.9. The zero-order chi connectivity index (χ0) is 14.0. The molecule has 0 aliphatic heterocycles. The number of hydrogen-bond donors (Lipinski definition) is 1. The van der Waals surface area contributed by atoms with Crippen LogP contribution in [0.25, 0.3) is 0 Å². The lowest BCUT2D eigenvalue weighted by molar-refractivity contribution is -0.152. The first-order valence-corrected chi connectivity index (χ1v) is 6.91. The van der Waals surface area contributed by atoms with E-state index in [1.807, 2.05) is 20.8 Å². The van der Waals surface area contributed by atoms with Crippen molar-refractivity contribution in [2.75, 3.05) is 0 Å². The summed E-state index contributed by atoms with van der Waals surface area (Å²) in [7, 11) is 0. The molecule has 0 radical (unpaired) electrons. The average Bonchev–Trinajstić information content (AvgIpc) is 2.28. The molecule has 106 valence electrons. The third-order valence-corrected chi connectivity index (χ3v) is 2.79. The third kappa shape index (κ3) is 8.09. The highest BCUT2D eigenvalue weighted by Crippen LogP contribution is 2.10. The molecule has 0 aromatic carbocycles. The molecule has 1 amide bonds. The van der Waals surface area contributed by atoms with Crippen molar-refractivity contribution in [3.05, 3.63) is 0 Å². The van der Waals surface area contributed by atoms with E-state index in [0.29, 0.717) is 18.7 Å². The van der Waals surface area contributed by atoms with E-state index < -0.39 is 6.04 Å². The van der Waals surface area contributed by atoms with Crippen LogP contribution in [-0.2, 0) is 14.3 Å². The molecule has 1 N–H and O–H groups in total. The molecule has 0 heterocycles. The van der Waals surface area contributed by atoms with Gasteiger partial charge in [-0.15, -0.1) is 0 Å². The summed E-state index contributed by atoms with van der Waals surface area (Å²) < 4.78 is 5.35. The SMILES string of the molecule is CCCCC[C@@H](C)OC(=O)[C@H](CC(C)C)NC=O. The predicted molar refractivity (Wildman–Crippen MR) is 72.1 cm³/mol. The van der Waals surface area contributed by atoms with Gasteiger partial charge in [0.2, 0.25) is 6.41 Å². The fourth-order valence-corrected chi connectivity index (χ4v) is 1.81. The topological polar surface area (TPSA) is 55.4 Å². The van der Waals surface area contributed by atoms with Crippen LogP contribution in [0.3, 0.4) is 0 Å². The van der Waals surface area contributed by atoms with Crippen molar-refractivity contribution in [1.29, 1.82) is 0 Å². The fourth-order valence-electron chi connectivity index (χ4n) is 1.81. The molecule has 0 unspecified atom stereocenters. The van der Waals surface area contributed by atoms with Crippen LogP contribution in [-0.4, -0.2) is 24.5 Å². The van der Waals surface area contributed by atoms with Crippen LogP contribution in [0.5, 0.6) is 0 Å². The van der Waals surface area contributed by atoms with Crippen molar-refractivity contribution >= 4 is 12.4 Å². The zero-order valence-electron chi connectivity index (χ0n) is 12.1. The van der Waals surface area contributed by atoms with Crippen molar-refractivity contribution in [2.24, 2.45) is 5.92 Å². The molecule has 18 heavy (non-hydrogen) atoms. The summed E-state index contributed by atoms with van der Waals surface area (Å²) in [4.78, 5) is 22.3. The number of ether oxygens (including phenoxy) is 1. The smallest absolute Gasteiger partial charge is 0.328 e. The quantitative estimate of drug-likeness (QED) is 0.372. The number of unbranched alkanes of at least 4 members (excludes halogenated alkanes) is 2. The number of carbonyl (C=O) groups is 2. The van der Waals surface area contributed by atoms with Crippen molar-refractivity contribution in [3.8, 4) is 0 Å². The van der Waals surface area contributed by atoms with Crippen LogP contribution < -0.4 is 5.32 Å². The van der Waals surface area contributed by atoms with Gasteiger partial charge in [0.15, 0.2) is 0 Å². The molecule has 0 aromatic rings. The van der Waals surface area contributed by atoms with Gasteiger partial charge in [-0.05, 0) is 32.1 Å². The summed E-state index contributed by atoms with van der Waals surface area (Å²) in [5.74, 6) is 0.0187. The molecule has 0 aliphatic rings. The molecule has 0 aliphatic carbocycles. The molecule has 0 saturated carbocycles. The Balaban J connectivity index is 4.10. The minimum absolute atomic E-state index is 0.0767.